The van der Waals surface area contributed by atoms with Crippen molar-refractivity contribution in [2.45, 2.75) is 136 Å². The third kappa shape index (κ3) is 36.5. The van der Waals surface area contributed by atoms with Crippen LogP contribution in [0.1, 0.15) is 130 Å². The topological polar surface area (TPSA) is 90.1 Å². The molecule has 28 heavy (non-hydrogen) atoms. The van der Waals surface area contributed by atoms with Crippen molar-refractivity contribution in [1.29, 1.82) is 0 Å². The highest BCUT2D eigenvalue weighted by Crippen LogP contribution is 2.10. The monoisotopic (exact) mass is 401 g/mol. The van der Waals surface area contributed by atoms with Crippen LogP contribution in [0.3, 0.4) is 0 Å². The molecule has 0 radical (unpaired) electrons. The number of aldehydes is 1. The summed E-state index contributed by atoms with van der Waals surface area (Å²) in [5.41, 5.74) is 5.65. The molecule has 0 aromatic rings. The second kappa shape index (κ2) is 31.3. The second-order valence-electron chi connectivity index (χ2n) is 8.09. The van der Waals surface area contributed by atoms with Crippen LogP contribution >= 0.6 is 0 Å². The van der Waals surface area contributed by atoms with Gasteiger partial charge in [-0.05, 0) is 26.3 Å². The van der Waals surface area contributed by atoms with Gasteiger partial charge in [0.05, 0.1) is 6.54 Å². The van der Waals surface area contributed by atoms with E-state index in [2.05, 4.69) is 26.1 Å². The molecule has 172 valence electrons. The van der Waals surface area contributed by atoms with E-state index in [-0.39, 0.29) is 6.15 Å². The van der Waals surface area contributed by atoms with Crippen LogP contribution in [0.25, 0.3) is 0 Å². The highest BCUT2D eigenvalue weighted by Gasteiger charge is 1.94. The van der Waals surface area contributed by atoms with Crippen molar-refractivity contribution in [3.8, 4) is 0 Å². The maximum atomic E-state index is 9.97. The largest absolute Gasteiger partial charge is 0.344 e. The Kier molecular flexibility index (Phi) is 36.0. The Morgan fingerprint density at radius 2 is 1.11 bits per heavy atom. The lowest BCUT2D eigenvalue weighted by Crippen LogP contribution is -2.17. The quantitative estimate of drug-likeness (QED) is 0.152. The molecule has 0 fully saturated rings. The van der Waals surface area contributed by atoms with Crippen LogP contribution in [-0.2, 0) is 4.79 Å². The van der Waals surface area contributed by atoms with Crippen LogP contribution in [-0.4, -0.2) is 25.4 Å². The Labute approximate surface area is 177 Å². The van der Waals surface area contributed by atoms with Gasteiger partial charge < -0.3 is 22.0 Å². The Hall–Kier alpha value is -0.450. The van der Waals surface area contributed by atoms with Gasteiger partial charge in [-0.25, -0.2) is 0 Å². The summed E-state index contributed by atoms with van der Waals surface area (Å²) in [4.78, 5) is 9.97. The molecule has 0 heterocycles. The van der Waals surface area contributed by atoms with E-state index in [1.54, 1.807) is 0 Å². The van der Waals surface area contributed by atoms with Crippen molar-refractivity contribution >= 4 is 6.29 Å². The van der Waals surface area contributed by atoms with Crippen molar-refractivity contribution < 1.29 is 4.79 Å². The lowest BCUT2D eigenvalue weighted by molar-refractivity contribution is -0.107. The first-order valence-electron chi connectivity index (χ1n) is 12.1. The molecule has 4 nitrogen and oxygen atoms in total. The summed E-state index contributed by atoms with van der Waals surface area (Å²) in [5, 5.41) is 3.06. The summed E-state index contributed by atoms with van der Waals surface area (Å²) in [6, 6.07) is 0.351. The normalized spacial score (nSPS) is 11.3. The van der Waals surface area contributed by atoms with Gasteiger partial charge in [0.2, 0.25) is 0 Å². The third-order valence-corrected chi connectivity index (χ3v) is 4.95. The minimum Gasteiger partial charge on any atom is -0.344 e. The smallest absolute Gasteiger partial charge is 0.133 e. The highest BCUT2D eigenvalue weighted by atomic mass is 16.1. The highest BCUT2D eigenvalue weighted by molar-refractivity contribution is 5.51. The van der Waals surface area contributed by atoms with Crippen LogP contribution in [0.4, 0.5) is 0 Å². The van der Waals surface area contributed by atoms with Gasteiger partial charge in [0.1, 0.15) is 6.29 Å². The van der Waals surface area contributed by atoms with Crippen molar-refractivity contribution in [1.82, 2.24) is 11.5 Å². The van der Waals surface area contributed by atoms with E-state index in [1.807, 2.05) is 0 Å². The average Bonchev–Trinajstić information content (AvgIpc) is 2.66. The Morgan fingerprint density at radius 1 is 0.714 bits per heavy atom. The summed E-state index contributed by atoms with van der Waals surface area (Å²) in [6.45, 7) is 8.08. The van der Waals surface area contributed by atoms with Gasteiger partial charge in [0.15, 0.2) is 0 Å². The molecule has 0 aliphatic carbocycles. The molecule has 0 aliphatic heterocycles. The summed E-state index contributed by atoms with van der Waals surface area (Å²) >= 11 is 0. The zero-order chi connectivity index (χ0) is 20.4. The number of carbonyl (C=O) groups excluding carboxylic acids is 1. The molecule has 4 heteroatoms. The van der Waals surface area contributed by atoms with Crippen LogP contribution in [0.15, 0.2) is 0 Å². The van der Waals surface area contributed by atoms with E-state index in [0.717, 1.165) is 19.3 Å². The number of unbranched alkanes of at least 4 members (excludes halogenated alkanes) is 14. The van der Waals surface area contributed by atoms with Crippen LogP contribution in [0.2, 0.25) is 0 Å². The fraction of sp³-hybridized carbons (Fsp3) is 0.958. The van der Waals surface area contributed by atoms with Crippen molar-refractivity contribution in [2.24, 2.45) is 5.73 Å². The second-order valence-corrected chi connectivity index (χ2v) is 8.09. The van der Waals surface area contributed by atoms with Gasteiger partial charge in [-0.2, -0.15) is 0 Å². The predicted molar refractivity (Wildman–Crippen MR) is 127 cm³/mol. The number of hydrogen-bond acceptors (Lipinski definition) is 4. The molecule has 0 bridgehead atoms. The first-order chi connectivity index (χ1) is 13.2. The van der Waals surface area contributed by atoms with Crippen molar-refractivity contribution in [3.05, 3.63) is 0 Å². The average molecular weight is 402 g/mol. The van der Waals surface area contributed by atoms with E-state index in [4.69, 9.17) is 5.73 Å². The SMILES string of the molecule is CC(N)CCCCCCCNCC=O.CCCCCCCCCCCCC.N. The summed E-state index contributed by atoms with van der Waals surface area (Å²) < 4.78 is 0. The first kappa shape index (κ1) is 32.2. The maximum Gasteiger partial charge on any atom is 0.133 e. The van der Waals surface area contributed by atoms with E-state index in [9.17, 15) is 4.79 Å². The molecule has 0 saturated heterocycles. The van der Waals surface area contributed by atoms with Gasteiger partial charge in [0, 0.05) is 6.04 Å². The fourth-order valence-corrected chi connectivity index (χ4v) is 3.15. The zero-order valence-corrected chi connectivity index (χ0v) is 19.8. The van der Waals surface area contributed by atoms with Crippen molar-refractivity contribution in [3.63, 3.8) is 0 Å². The number of nitrogens with two attached hydrogens (primary N) is 1. The van der Waals surface area contributed by atoms with E-state index >= 15 is 0 Å². The third-order valence-electron chi connectivity index (χ3n) is 4.95. The Bertz CT molecular complexity index is 250. The van der Waals surface area contributed by atoms with Crippen LogP contribution in [0, 0.1) is 0 Å². The zero-order valence-electron chi connectivity index (χ0n) is 19.8. The number of rotatable bonds is 20. The molecular formula is C24H55N3O. The molecule has 0 aromatic carbocycles. The van der Waals surface area contributed by atoms with E-state index < -0.39 is 0 Å². The molecular weight excluding hydrogens is 346 g/mol. The Balaban J connectivity index is -0.000000432. The van der Waals surface area contributed by atoms with E-state index in [0.29, 0.717) is 12.6 Å². The Morgan fingerprint density at radius 3 is 1.50 bits per heavy atom. The minimum absolute atomic E-state index is 0. The predicted octanol–water partition coefficient (Wildman–Crippen LogP) is 6.94. The van der Waals surface area contributed by atoms with Gasteiger partial charge in [-0.1, -0.05) is 110 Å². The molecule has 0 amide bonds. The molecule has 0 spiro atoms. The lowest BCUT2D eigenvalue weighted by atomic mass is 10.1. The van der Waals surface area contributed by atoms with Gasteiger partial charge >= 0.3 is 0 Å². The molecule has 0 aromatic heterocycles. The van der Waals surface area contributed by atoms with Gasteiger partial charge in [-0.3, -0.25) is 0 Å². The maximum absolute atomic E-state index is 9.97. The molecule has 1 unspecified atom stereocenters. The molecule has 0 aliphatic rings. The minimum atomic E-state index is 0. The lowest BCUT2D eigenvalue weighted by Gasteiger charge is -2.04. The molecule has 1 atom stereocenters. The molecule has 6 N–H and O–H groups in total. The van der Waals surface area contributed by atoms with E-state index in [1.165, 1.54) is 103 Å². The fourth-order valence-electron chi connectivity index (χ4n) is 3.15. The molecule has 0 saturated carbocycles. The van der Waals surface area contributed by atoms with Crippen LogP contribution < -0.4 is 17.2 Å². The number of hydrogen-bond donors (Lipinski definition) is 3. The first-order valence-corrected chi connectivity index (χ1v) is 12.1. The number of nitrogens with one attached hydrogen (secondary N) is 1. The van der Waals surface area contributed by atoms with Gasteiger partial charge in [-0.15, -0.1) is 0 Å². The standard InChI is InChI=1S/C13H28.C11H24N2O.H3N/c1-3-5-7-9-11-13-12-10-8-6-4-2;1-11(12)7-5-3-2-4-6-8-13-9-10-14;/h3-13H2,1-2H3;10-11,13H,2-9,12H2,1H3;1H3. The molecule has 0 rings (SSSR count). The summed E-state index contributed by atoms with van der Waals surface area (Å²) in [5.74, 6) is 0. The summed E-state index contributed by atoms with van der Waals surface area (Å²) in [6.07, 6.45) is 24.2. The van der Waals surface area contributed by atoms with Crippen LogP contribution in [0.5, 0.6) is 0 Å². The number of carbonyl (C=O) groups is 1. The van der Waals surface area contributed by atoms with Gasteiger partial charge in [0.25, 0.3) is 0 Å². The van der Waals surface area contributed by atoms with Crippen molar-refractivity contribution in [2.75, 3.05) is 13.1 Å². The summed E-state index contributed by atoms with van der Waals surface area (Å²) in [7, 11) is 0.